The van der Waals surface area contributed by atoms with Crippen LogP contribution in [0.1, 0.15) is 31.4 Å². The number of hydrogen-bond donors (Lipinski definition) is 7. The zero-order chi connectivity index (χ0) is 26.6. The zero-order valence-corrected chi connectivity index (χ0v) is 19.8. The summed E-state index contributed by atoms with van der Waals surface area (Å²) >= 11 is 0. The molecule has 3 aliphatic carbocycles. The number of Topliss-reactive ketones (excluding diaryl/α,β-unsaturated/α-hetero) is 2. The number of aliphatic hydroxyl groups is 5. The van der Waals surface area contributed by atoms with Crippen LogP contribution in [0.15, 0.2) is 35.1 Å². The average Bonchev–Trinajstić information content (AvgIpc) is 2.74. The Morgan fingerprint density at radius 1 is 1.17 bits per heavy atom. The summed E-state index contributed by atoms with van der Waals surface area (Å²) in [7, 11) is 3.01. The number of carbonyl (C=O) groups excluding carboxylic acids is 3. The predicted octanol–water partition coefficient (Wildman–Crippen LogP) is -0.372. The average molecular weight is 491 g/mol. The third kappa shape index (κ3) is 3.54. The number of nitrogens with zero attached hydrogens (tertiary/aromatic N) is 1. The lowest BCUT2D eigenvalue weighted by Crippen LogP contribution is -2.67. The first-order valence-electron chi connectivity index (χ1n) is 11.0. The molecule has 0 aliphatic heterocycles. The maximum atomic E-state index is 13.7. The van der Waals surface area contributed by atoms with Gasteiger partial charge in [-0.25, -0.2) is 0 Å². The van der Waals surface area contributed by atoms with Gasteiger partial charge in [0.2, 0.25) is 5.78 Å². The lowest BCUT2D eigenvalue weighted by molar-refractivity contribution is -0.159. The number of hydrogen-bond acceptors (Lipinski definition) is 10. The second kappa shape index (κ2) is 8.76. The van der Waals surface area contributed by atoms with E-state index in [1.807, 2.05) is 0 Å². The van der Waals surface area contributed by atoms with Crippen molar-refractivity contribution in [2.75, 3.05) is 20.7 Å². The molecular formula is C24H30N2O9. The van der Waals surface area contributed by atoms with Gasteiger partial charge in [0, 0.05) is 24.0 Å². The van der Waals surface area contributed by atoms with Gasteiger partial charge in [0.25, 0.3) is 5.91 Å². The first kappa shape index (κ1) is 26.4. The standard InChI is InChI=1S/C22H24N2O8.C2H6O/c1-21(31)8-5-4-6-11(25)12(8)16(26)13-9(21)7-10-15(24(2)3)17(27)14(20(23)30)19(29)22(10,32)18(13)28;1-2-3/h4-6,9-10,15,25-26,29,31-32H,7H2,1-3H3,(H2,23,30);3H,2H2,1H3/t9-,10-,15-,21+,22-;/m0./s1. The summed E-state index contributed by atoms with van der Waals surface area (Å²) in [6, 6.07) is 3.02. The van der Waals surface area contributed by atoms with E-state index in [2.05, 4.69) is 0 Å². The molecule has 1 fully saturated rings. The molecule has 8 N–H and O–H groups in total. The van der Waals surface area contributed by atoms with Gasteiger partial charge in [0.15, 0.2) is 11.4 Å². The molecule has 0 bridgehead atoms. The van der Waals surface area contributed by atoms with Crippen LogP contribution in [0.25, 0.3) is 5.76 Å². The van der Waals surface area contributed by atoms with Gasteiger partial charge < -0.3 is 36.4 Å². The van der Waals surface area contributed by atoms with Crippen molar-refractivity contribution in [2.24, 2.45) is 17.6 Å². The summed E-state index contributed by atoms with van der Waals surface area (Å²) in [5, 5.41) is 62.5. The van der Waals surface area contributed by atoms with E-state index in [0.717, 1.165) is 0 Å². The summed E-state index contributed by atoms with van der Waals surface area (Å²) in [4.78, 5) is 40.0. The van der Waals surface area contributed by atoms with Crippen LogP contribution < -0.4 is 5.73 Å². The number of ketones is 2. The van der Waals surface area contributed by atoms with Crippen molar-refractivity contribution in [3.8, 4) is 5.75 Å². The molecule has 0 saturated heterocycles. The third-order valence-electron chi connectivity index (χ3n) is 7.02. The molecule has 3 aliphatic rings. The largest absolute Gasteiger partial charge is 0.508 e. The van der Waals surface area contributed by atoms with Crippen LogP contribution >= 0.6 is 0 Å². The molecule has 1 saturated carbocycles. The molecule has 1 amide bonds. The van der Waals surface area contributed by atoms with Gasteiger partial charge in [-0.05, 0) is 46.0 Å². The highest BCUT2D eigenvalue weighted by atomic mass is 16.3. The summed E-state index contributed by atoms with van der Waals surface area (Å²) in [5.74, 6) is -7.90. The number of phenolic OH excluding ortho intramolecular Hbond substituents is 1. The van der Waals surface area contributed by atoms with E-state index in [4.69, 9.17) is 10.8 Å². The number of carbonyl (C=O) groups is 3. The fourth-order valence-corrected chi connectivity index (χ4v) is 5.50. The van der Waals surface area contributed by atoms with Crippen molar-refractivity contribution in [2.45, 2.75) is 37.5 Å². The van der Waals surface area contributed by atoms with E-state index in [1.165, 1.54) is 44.1 Å². The van der Waals surface area contributed by atoms with Crippen LogP contribution in [0.4, 0.5) is 0 Å². The topological polar surface area (TPSA) is 202 Å². The van der Waals surface area contributed by atoms with E-state index in [-0.39, 0.29) is 24.2 Å². The van der Waals surface area contributed by atoms with Crippen molar-refractivity contribution in [1.29, 1.82) is 0 Å². The molecule has 11 heteroatoms. The number of primary amides is 1. The van der Waals surface area contributed by atoms with Gasteiger partial charge in [0.1, 0.15) is 22.8 Å². The maximum Gasteiger partial charge on any atom is 0.255 e. The van der Waals surface area contributed by atoms with Crippen LogP contribution in [-0.2, 0) is 20.0 Å². The smallest absolute Gasteiger partial charge is 0.255 e. The number of aromatic hydroxyl groups is 1. The SMILES string of the molecule is CCO.CN(C)[C@@H]1C(=O)C(C(N)=O)=C(O)[C@@]2(O)C(=O)C3=C(O)c4c(O)cccc4[C@@](C)(O)[C@H]3C[C@@H]12. The molecule has 190 valence electrons. The summed E-state index contributed by atoms with van der Waals surface area (Å²) in [6.07, 6.45) is -0.200. The summed E-state index contributed by atoms with van der Waals surface area (Å²) in [6.45, 7) is 3.33. The number of phenols is 1. The van der Waals surface area contributed by atoms with Crippen molar-refractivity contribution in [3.05, 3.63) is 46.2 Å². The minimum atomic E-state index is -2.75. The van der Waals surface area contributed by atoms with E-state index >= 15 is 0 Å². The Kier molecular flexibility index (Phi) is 6.59. The normalized spacial score (nSPS) is 31.9. The van der Waals surface area contributed by atoms with E-state index in [0.29, 0.717) is 0 Å². The Morgan fingerprint density at radius 2 is 1.74 bits per heavy atom. The molecule has 4 rings (SSSR count). The Morgan fingerprint density at radius 3 is 2.26 bits per heavy atom. The van der Waals surface area contributed by atoms with E-state index < -0.39 is 75.0 Å². The Balaban J connectivity index is 0.00000108. The highest BCUT2D eigenvalue weighted by Crippen LogP contribution is 2.57. The van der Waals surface area contributed by atoms with Gasteiger partial charge >= 0.3 is 0 Å². The molecule has 0 heterocycles. The van der Waals surface area contributed by atoms with Gasteiger partial charge in [-0.1, -0.05) is 12.1 Å². The van der Waals surface area contributed by atoms with E-state index in [1.54, 1.807) is 6.92 Å². The molecule has 35 heavy (non-hydrogen) atoms. The number of amides is 1. The number of rotatable bonds is 2. The van der Waals surface area contributed by atoms with Gasteiger partial charge in [0.05, 0.1) is 17.2 Å². The van der Waals surface area contributed by atoms with Gasteiger partial charge in [-0.3, -0.25) is 19.3 Å². The van der Waals surface area contributed by atoms with Crippen molar-refractivity contribution < 1.29 is 45.0 Å². The minimum Gasteiger partial charge on any atom is -0.508 e. The quantitative estimate of drug-likeness (QED) is 0.268. The van der Waals surface area contributed by atoms with Crippen LogP contribution in [0.2, 0.25) is 0 Å². The number of benzene rings is 1. The van der Waals surface area contributed by atoms with Gasteiger partial charge in [-0.2, -0.15) is 0 Å². The van der Waals surface area contributed by atoms with Crippen molar-refractivity contribution >= 4 is 23.2 Å². The highest BCUT2D eigenvalue weighted by Gasteiger charge is 2.66. The molecule has 0 aromatic heterocycles. The predicted molar refractivity (Wildman–Crippen MR) is 123 cm³/mol. The van der Waals surface area contributed by atoms with E-state index in [9.17, 15) is 39.9 Å². The molecule has 1 aromatic carbocycles. The summed E-state index contributed by atoms with van der Waals surface area (Å²) in [5.41, 5.74) is -0.548. The molecule has 0 spiro atoms. The third-order valence-corrected chi connectivity index (χ3v) is 7.02. The van der Waals surface area contributed by atoms with Crippen LogP contribution in [-0.4, -0.2) is 85.4 Å². The molecule has 0 unspecified atom stereocenters. The van der Waals surface area contributed by atoms with Crippen molar-refractivity contribution in [3.63, 3.8) is 0 Å². The molecule has 5 atom stereocenters. The Hall–Kier alpha value is -3.25. The second-order valence-corrected chi connectivity index (χ2v) is 9.28. The number of fused-ring (bicyclic) bond motifs is 3. The summed E-state index contributed by atoms with van der Waals surface area (Å²) < 4.78 is 0. The van der Waals surface area contributed by atoms with Crippen molar-refractivity contribution in [1.82, 2.24) is 4.90 Å². The van der Waals surface area contributed by atoms with Gasteiger partial charge in [-0.15, -0.1) is 0 Å². The number of nitrogens with two attached hydrogens (primary N) is 1. The molecular weight excluding hydrogens is 460 g/mol. The van der Waals surface area contributed by atoms with Crippen LogP contribution in [0, 0.1) is 11.8 Å². The van der Waals surface area contributed by atoms with Crippen LogP contribution in [0.5, 0.6) is 5.75 Å². The number of likely N-dealkylation sites (N-methyl/N-ethyl adjacent to an activating group) is 1. The second-order valence-electron chi connectivity index (χ2n) is 9.28. The lowest BCUT2D eigenvalue weighted by Gasteiger charge is -2.53. The maximum absolute atomic E-state index is 13.7. The fourth-order valence-electron chi connectivity index (χ4n) is 5.50. The zero-order valence-electron chi connectivity index (χ0n) is 19.8. The molecule has 1 aromatic rings. The first-order valence-corrected chi connectivity index (χ1v) is 11.0. The lowest BCUT2D eigenvalue weighted by atomic mass is 9.54. The molecule has 0 radical (unpaired) electrons. The molecule has 11 nitrogen and oxygen atoms in total. The highest BCUT2D eigenvalue weighted by molar-refractivity contribution is 6.24. The number of aliphatic hydroxyl groups excluding tert-OH is 3. The Bertz CT molecular complexity index is 1170. The first-order chi connectivity index (χ1) is 16.2. The fraction of sp³-hybridized carbons (Fsp3) is 0.458. The van der Waals surface area contributed by atoms with Crippen LogP contribution in [0.3, 0.4) is 0 Å². The minimum absolute atomic E-state index is 0.170. The monoisotopic (exact) mass is 490 g/mol. The Labute approximate surface area is 201 Å².